The Bertz CT molecular complexity index is 1360. The molecule has 1 aromatic rings. The number of halogens is 17. The number of aromatic nitrogens is 2. The Kier molecular flexibility index (Phi) is 9.03. The van der Waals surface area contributed by atoms with Gasteiger partial charge in [0.25, 0.3) is 5.56 Å². The topological polar surface area (TPSA) is 131 Å². The van der Waals surface area contributed by atoms with Crippen molar-refractivity contribution in [2.24, 2.45) is 0 Å². The fourth-order valence-electron chi connectivity index (χ4n) is 3.34. The third-order valence-electron chi connectivity index (χ3n) is 5.84. The molecule has 1 aliphatic heterocycles. The number of H-pyrrole nitrogens is 1. The third kappa shape index (κ3) is 5.06. The molecule has 9 nitrogen and oxygen atoms in total. The maximum Gasteiger partial charge on any atom is 0.460 e. The number of nitrogens with one attached hydrogen (secondary N) is 1. The van der Waals surface area contributed by atoms with E-state index in [0.29, 0.717) is 12.3 Å². The summed E-state index contributed by atoms with van der Waals surface area (Å²) in [4.78, 5) is 36.3. The van der Waals surface area contributed by atoms with Crippen LogP contribution in [0, 0.1) is 0 Å². The van der Waals surface area contributed by atoms with Crippen LogP contribution in [-0.4, -0.2) is 98.3 Å². The zero-order chi connectivity index (χ0) is 34.9. The summed E-state index contributed by atoms with van der Waals surface area (Å²) in [6, 6.07) is 0.436. The Balaban J connectivity index is 2.57. The summed E-state index contributed by atoms with van der Waals surface area (Å²) in [7, 11) is 0. The summed E-state index contributed by atoms with van der Waals surface area (Å²) in [6.07, 6.45) is -18.0. The first kappa shape index (κ1) is 37.0. The third-order valence-corrected chi connectivity index (χ3v) is 5.84. The van der Waals surface area contributed by atoms with Gasteiger partial charge in [-0.2, -0.15) is 74.6 Å². The first-order valence-electron chi connectivity index (χ1n) is 10.6. The molecule has 1 aliphatic rings. The lowest BCUT2D eigenvalue weighted by molar-refractivity contribution is -0.460. The van der Waals surface area contributed by atoms with Gasteiger partial charge in [-0.1, -0.05) is 0 Å². The van der Waals surface area contributed by atoms with Gasteiger partial charge in [0, 0.05) is 12.3 Å². The van der Waals surface area contributed by atoms with Gasteiger partial charge in [0.05, 0.1) is 6.61 Å². The first-order chi connectivity index (χ1) is 19.4. The van der Waals surface area contributed by atoms with E-state index in [1.807, 2.05) is 0 Å². The van der Waals surface area contributed by atoms with Crippen LogP contribution < -0.4 is 11.2 Å². The second-order valence-electron chi connectivity index (χ2n) is 8.64. The van der Waals surface area contributed by atoms with Gasteiger partial charge in [-0.25, -0.2) is 9.59 Å². The molecule has 0 aromatic carbocycles. The Morgan fingerprint density at radius 3 is 1.64 bits per heavy atom. The molecule has 26 heteroatoms. The van der Waals surface area contributed by atoms with Crippen molar-refractivity contribution in [2.75, 3.05) is 6.61 Å². The molecule has 1 aromatic heterocycles. The number of esters is 1. The minimum Gasteiger partial charge on any atom is -0.450 e. The number of carbonyl (C=O) groups excluding carboxylic acids is 1. The molecule has 2 heterocycles. The zero-order valence-electron chi connectivity index (χ0n) is 20.0. The van der Waals surface area contributed by atoms with E-state index in [1.165, 1.54) is 4.98 Å². The van der Waals surface area contributed by atoms with E-state index in [4.69, 9.17) is 9.84 Å². The molecule has 44 heavy (non-hydrogen) atoms. The molecule has 3 N–H and O–H groups in total. The molecule has 0 amide bonds. The number of carbonyl (C=O) groups is 1. The summed E-state index contributed by atoms with van der Waals surface area (Å²) < 4.78 is 237. The lowest BCUT2D eigenvalue weighted by Gasteiger charge is -2.42. The summed E-state index contributed by atoms with van der Waals surface area (Å²) in [5.41, 5.74) is -2.82. The van der Waals surface area contributed by atoms with E-state index >= 15 is 0 Å². The van der Waals surface area contributed by atoms with E-state index < -0.39 is 96.0 Å². The van der Waals surface area contributed by atoms with Crippen LogP contribution in [0.25, 0.3) is 0 Å². The van der Waals surface area contributed by atoms with Crippen molar-refractivity contribution in [1.29, 1.82) is 0 Å². The van der Waals surface area contributed by atoms with Crippen LogP contribution in [0.15, 0.2) is 21.9 Å². The molecule has 254 valence electrons. The monoisotopic (exact) mass is 690 g/mol. The number of aromatic amines is 1. The van der Waals surface area contributed by atoms with Crippen molar-refractivity contribution in [1.82, 2.24) is 9.55 Å². The number of rotatable bonds is 10. The molecule has 2 rings (SSSR count). The predicted molar refractivity (Wildman–Crippen MR) is 98.9 cm³/mol. The van der Waals surface area contributed by atoms with Gasteiger partial charge in [-0.05, 0) is 0 Å². The highest BCUT2D eigenvalue weighted by molar-refractivity contribution is 5.79. The van der Waals surface area contributed by atoms with Crippen molar-refractivity contribution >= 4 is 5.97 Å². The van der Waals surface area contributed by atoms with E-state index in [1.54, 1.807) is 0 Å². The number of ether oxygens (including phenoxy) is 2. The van der Waals surface area contributed by atoms with Gasteiger partial charge < -0.3 is 19.7 Å². The standard InChI is InChI=1S/C18H11F17N2O7/c19-11(20,9(41)44-7-6(40)4(3-38)43-8(7)37-2-1-5(39)36-10(37)42)12(21,22)13(23,24)14(25,26)15(27,28)16(29,30)17(31,32)18(33,34)35/h1-2,4,6-8,38,40H,3H2,(H,36,39,42)/t4-,6?,7?,8-/m1/s1. The summed E-state index contributed by atoms with van der Waals surface area (Å²) in [6.45, 7) is -1.40. The van der Waals surface area contributed by atoms with Gasteiger partial charge in [-0.3, -0.25) is 14.3 Å². The maximum atomic E-state index is 14.3. The zero-order valence-corrected chi connectivity index (χ0v) is 20.0. The highest BCUT2D eigenvalue weighted by Crippen LogP contribution is 2.64. The van der Waals surface area contributed by atoms with Crippen LogP contribution >= 0.6 is 0 Å². The quantitative estimate of drug-likeness (QED) is 0.255. The molecule has 1 saturated heterocycles. The number of hydrogen-bond donors (Lipinski definition) is 3. The highest BCUT2D eigenvalue weighted by atomic mass is 19.4. The second-order valence-corrected chi connectivity index (χ2v) is 8.64. The van der Waals surface area contributed by atoms with Crippen molar-refractivity contribution in [3.8, 4) is 0 Å². The molecule has 4 atom stereocenters. The highest BCUT2D eigenvalue weighted by Gasteiger charge is 2.96. The Morgan fingerprint density at radius 1 is 0.795 bits per heavy atom. The van der Waals surface area contributed by atoms with Gasteiger partial charge in [0.1, 0.15) is 12.2 Å². The van der Waals surface area contributed by atoms with E-state index in [0.717, 1.165) is 0 Å². The molecule has 0 radical (unpaired) electrons. The lowest BCUT2D eigenvalue weighted by Crippen LogP contribution is -2.75. The molecule has 0 spiro atoms. The number of alkyl halides is 17. The molecule has 0 bridgehead atoms. The molecular formula is C18H11F17N2O7. The van der Waals surface area contributed by atoms with E-state index in [-0.39, 0.29) is 4.57 Å². The SMILES string of the molecule is O=C(OC1C(O)[C@@H](CO)O[C@H]1n1ccc(=O)[nH]c1=O)C(F)(F)C(F)(F)C(F)(F)C(F)(F)C(F)(F)C(F)(F)C(F)(F)C(F)(F)F. The predicted octanol–water partition coefficient (Wildman–Crippen LogP) is 2.71. The van der Waals surface area contributed by atoms with Crippen molar-refractivity contribution < 1.29 is 99.1 Å². The Morgan fingerprint density at radius 2 is 1.23 bits per heavy atom. The number of nitrogens with zero attached hydrogens (tertiary/aromatic N) is 1. The van der Waals surface area contributed by atoms with Gasteiger partial charge in [0.2, 0.25) is 0 Å². The van der Waals surface area contributed by atoms with Crippen LogP contribution in [-0.2, 0) is 14.3 Å². The number of hydrogen-bond acceptors (Lipinski definition) is 7. The second kappa shape index (κ2) is 10.7. The van der Waals surface area contributed by atoms with Crippen molar-refractivity contribution in [3.63, 3.8) is 0 Å². The normalized spacial score (nSPS) is 23.2. The molecule has 2 unspecified atom stereocenters. The van der Waals surface area contributed by atoms with Gasteiger partial charge >= 0.3 is 59.3 Å². The van der Waals surface area contributed by atoms with E-state index in [9.17, 15) is 94.1 Å². The van der Waals surface area contributed by atoms with Crippen LogP contribution in [0.4, 0.5) is 74.6 Å². The summed E-state index contributed by atoms with van der Waals surface area (Å²) >= 11 is 0. The molecule has 0 saturated carbocycles. The molecule has 0 aliphatic carbocycles. The van der Waals surface area contributed by atoms with E-state index in [2.05, 4.69) is 4.74 Å². The number of aliphatic hydroxyl groups excluding tert-OH is 2. The minimum absolute atomic E-state index is 0.0146. The van der Waals surface area contributed by atoms with Crippen LogP contribution in [0.3, 0.4) is 0 Å². The molecule has 1 fully saturated rings. The maximum absolute atomic E-state index is 14.3. The van der Waals surface area contributed by atoms with Gasteiger partial charge in [-0.15, -0.1) is 0 Å². The number of aliphatic hydroxyl groups is 2. The Labute approximate surface area is 227 Å². The average molecular weight is 690 g/mol. The van der Waals surface area contributed by atoms with Crippen LogP contribution in [0.5, 0.6) is 0 Å². The first-order valence-corrected chi connectivity index (χ1v) is 10.6. The largest absolute Gasteiger partial charge is 0.460 e. The lowest BCUT2D eigenvalue weighted by atomic mass is 9.89. The smallest absolute Gasteiger partial charge is 0.450 e. The van der Waals surface area contributed by atoms with Crippen molar-refractivity contribution in [2.45, 2.75) is 72.2 Å². The fourth-order valence-corrected chi connectivity index (χ4v) is 3.34. The summed E-state index contributed by atoms with van der Waals surface area (Å²) in [5, 5.41) is 19.1. The summed E-state index contributed by atoms with van der Waals surface area (Å²) in [5.74, 6) is -64.1. The minimum atomic E-state index is -8.95. The average Bonchev–Trinajstić information content (AvgIpc) is 3.17. The van der Waals surface area contributed by atoms with Crippen LogP contribution in [0.1, 0.15) is 6.23 Å². The fraction of sp³-hybridized carbons (Fsp3) is 0.722. The Hall–Kier alpha value is -3.16. The van der Waals surface area contributed by atoms with Crippen molar-refractivity contribution in [3.05, 3.63) is 33.1 Å². The van der Waals surface area contributed by atoms with Gasteiger partial charge in [0.15, 0.2) is 12.3 Å². The van der Waals surface area contributed by atoms with Crippen LogP contribution in [0.2, 0.25) is 0 Å². The molecular weight excluding hydrogens is 679 g/mol.